The lowest BCUT2D eigenvalue weighted by atomic mass is 9.78. The van der Waals surface area contributed by atoms with E-state index in [2.05, 4.69) is 0 Å². The summed E-state index contributed by atoms with van der Waals surface area (Å²) in [4.78, 5) is 72.2. The summed E-state index contributed by atoms with van der Waals surface area (Å²) in [5.74, 6) is -8.11. The maximum Gasteiger partial charge on any atom is 0.329 e. The third-order valence-corrected chi connectivity index (χ3v) is 15.6. The summed E-state index contributed by atoms with van der Waals surface area (Å²) in [7, 11) is 1.76. The van der Waals surface area contributed by atoms with Crippen molar-refractivity contribution < 1.29 is 67.0 Å². The first-order chi connectivity index (χ1) is 32.4. The van der Waals surface area contributed by atoms with E-state index in [0.717, 1.165) is 12.0 Å². The molecule has 2 bridgehead atoms. The predicted molar refractivity (Wildman–Crippen MR) is 263 cm³/mol. The van der Waals surface area contributed by atoms with Gasteiger partial charge in [-0.3, -0.25) is 23.7 Å². The minimum absolute atomic E-state index is 0.0117. The van der Waals surface area contributed by atoms with Gasteiger partial charge >= 0.3 is 5.97 Å². The van der Waals surface area contributed by atoms with Crippen molar-refractivity contribution in [2.75, 3.05) is 41.2 Å². The van der Waals surface area contributed by atoms with Crippen molar-refractivity contribution in [2.24, 2.45) is 35.5 Å². The monoisotopic (exact) mass is 990 g/mol. The van der Waals surface area contributed by atoms with E-state index in [1.54, 1.807) is 54.4 Å². The number of ether oxygens (including phenoxy) is 5. The Balaban J connectivity index is 1.70. The highest BCUT2D eigenvalue weighted by atomic mass is 31.2. The van der Waals surface area contributed by atoms with E-state index < -0.39 is 85.1 Å². The average Bonchev–Trinajstić information content (AvgIpc) is 3.30. The van der Waals surface area contributed by atoms with Crippen LogP contribution in [0.5, 0.6) is 0 Å². The van der Waals surface area contributed by atoms with Crippen LogP contribution in [0, 0.1) is 35.5 Å². The number of carbonyl (C=O) groups is 5. The van der Waals surface area contributed by atoms with Gasteiger partial charge in [-0.25, -0.2) is 4.79 Å². The molecule has 390 valence electrons. The second-order valence-electron chi connectivity index (χ2n) is 20.9. The standard InChI is InChI=1S/C53H84NO14P/c1-32-18-14-13-15-19-33(2)44(63-8)30-40-23-21-38(7)53(61,67-40)50(58)51(59)54-25-17-16-20-41(54)52(60)66-45(35(4)28-39-22-24-43(46(29-39)64-9)68-69(11,12)62)31-42(55)34(3)27-37(6)48(57)49(65-10)47(56)36(5)26-32/h13-15,18-19,27,32,34-36,38-41,43-46,48-49,57,61H,16-17,20-26,28-31H2,1-12H3/b15-13+,18-14-,33-19+,37-27+/t32-,34-,35-,36-,38-,39+,40+,41+,43-,44+,45+,46-,48-,49+,53?/m1/s1. The Morgan fingerprint density at radius 1 is 0.855 bits per heavy atom. The molecule has 0 spiro atoms. The number of hydrogen-bond donors (Lipinski definition) is 2. The predicted octanol–water partition coefficient (Wildman–Crippen LogP) is 7.74. The number of esters is 1. The molecule has 0 aromatic heterocycles. The Morgan fingerprint density at radius 2 is 1.57 bits per heavy atom. The van der Waals surface area contributed by atoms with Crippen LogP contribution in [-0.2, 0) is 56.7 Å². The summed E-state index contributed by atoms with van der Waals surface area (Å²) in [6.07, 6.45) is 11.4. The van der Waals surface area contributed by atoms with Gasteiger partial charge in [0, 0.05) is 71.8 Å². The molecule has 0 radical (unpaired) electrons. The smallest absolute Gasteiger partial charge is 0.329 e. The van der Waals surface area contributed by atoms with Gasteiger partial charge in [-0.1, -0.05) is 71.1 Å². The maximum atomic E-state index is 14.5. The van der Waals surface area contributed by atoms with Gasteiger partial charge in [0.1, 0.15) is 30.1 Å². The zero-order chi connectivity index (χ0) is 51.4. The summed E-state index contributed by atoms with van der Waals surface area (Å²) < 4.78 is 48.2. The van der Waals surface area contributed by atoms with Gasteiger partial charge in [-0.2, -0.15) is 0 Å². The van der Waals surface area contributed by atoms with E-state index in [9.17, 15) is 38.8 Å². The molecule has 4 rings (SSSR count). The summed E-state index contributed by atoms with van der Waals surface area (Å²) in [5.41, 5.74) is 1.25. The van der Waals surface area contributed by atoms with Crippen molar-refractivity contribution in [3.05, 3.63) is 47.6 Å². The lowest BCUT2D eigenvalue weighted by Gasteiger charge is -2.42. The van der Waals surface area contributed by atoms with Crippen molar-refractivity contribution in [2.45, 2.75) is 180 Å². The Morgan fingerprint density at radius 3 is 2.22 bits per heavy atom. The lowest BCUT2D eigenvalue weighted by Crippen LogP contribution is -2.61. The van der Waals surface area contributed by atoms with Crippen molar-refractivity contribution in [1.29, 1.82) is 0 Å². The molecule has 4 aliphatic rings. The molecule has 1 amide bonds. The van der Waals surface area contributed by atoms with Gasteiger partial charge in [-0.15, -0.1) is 0 Å². The normalized spacial score (nSPS) is 39.0. The molecule has 2 saturated heterocycles. The summed E-state index contributed by atoms with van der Waals surface area (Å²) in [6.45, 7) is 15.9. The number of carbonyl (C=O) groups excluding carboxylic acids is 5. The molecule has 3 heterocycles. The highest BCUT2D eigenvalue weighted by Crippen LogP contribution is 2.45. The number of aliphatic hydroxyl groups is 2. The Hall–Kier alpha value is -3.14. The Labute approximate surface area is 411 Å². The molecule has 3 fully saturated rings. The number of piperidine rings is 1. The largest absolute Gasteiger partial charge is 0.460 e. The number of aliphatic hydroxyl groups excluding tert-OH is 1. The van der Waals surface area contributed by atoms with E-state index in [1.165, 1.54) is 12.0 Å². The van der Waals surface area contributed by atoms with Crippen molar-refractivity contribution >= 4 is 36.6 Å². The van der Waals surface area contributed by atoms with E-state index >= 15 is 0 Å². The average molecular weight is 990 g/mol. The second-order valence-corrected chi connectivity index (χ2v) is 23.6. The number of nitrogens with zero attached hydrogens (tertiary/aromatic N) is 1. The van der Waals surface area contributed by atoms with Gasteiger partial charge < -0.3 is 43.3 Å². The number of allylic oxidation sites excluding steroid dienone is 6. The number of Topliss-reactive ketones (excluding diaryl/α,β-unsaturated/α-hetero) is 3. The third-order valence-electron chi connectivity index (χ3n) is 14.8. The number of methoxy groups -OCH3 is 3. The van der Waals surface area contributed by atoms with Crippen LogP contribution in [0.2, 0.25) is 0 Å². The molecule has 0 aromatic rings. The minimum atomic E-state index is -2.79. The molecule has 2 N–H and O–H groups in total. The molecule has 1 unspecified atom stereocenters. The first-order valence-electron chi connectivity index (χ1n) is 25.2. The van der Waals surface area contributed by atoms with Crippen LogP contribution < -0.4 is 0 Å². The molecular weight excluding hydrogens is 906 g/mol. The highest BCUT2D eigenvalue weighted by Gasteiger charge is 2.53. The van der Waals surface area contributed by atoms with Crippen molar-refractivity contribution in [3.8, 4) is 0 Å². The van der Waals surface area contributed by atoms with Crippen molar-refractivity contribution in [3.63, 3.8) is 0 Å². The molecule has 1 saturated carbocycles. The Bertz CT molecular complexity index is 1940. The van der Waals surface area contributed by atoms with Gasteiger partial charge in [0.2, 0.25) is 5.79 Å². The fourth-order valence-electron chi connectivity index (χ4n) is 10.5. The number of cyclic esters (lactones) is 1. The molecule has 1 aliphatic carbocycles. The number of amides is 1. The van der Waals surface area contributed by atoms with E-state index in [0.29, 0.717) is 63.4 Å². The van der Waals surface area contributed by atoms with Crippen LogP contribution in [0.15, 0.2) is 47.6 Å². The third kappa shape index (κ3) is 16.2. The Kier molecular flexibility index (Phi) is 22.5. The summed E-state index contributed by atoms with van der Waals surface area (Å²) in [6, 6.07) is -1.16. The first-order valence-corrected chi connectivity index (χ1v) is 27.7. The zero-order valence-electron chi connectivity index (χ0n) is 43.4. The molecule has 16 heteroatoms. The highest BCUT2D eigenvalue weighted by molar-refractivity contribution is 7.57. The van der Waals surface area contributed by atoms with Gasteiger partial charge in [0.15, 0.2) is 13.2 Å². The summed E-state index contributed by atoms with van der Waals surface area (Å²) >= 11 is 0. The number of hydrogen-bond acceptors (Lipinski definition) is 14. The topological polar surface area (TPSA) is 201 Å². The molecular formula is C53H84NO14P. The van der Waals surface area contributed by atoms with E-state index in [-0.39, 0.29) is 60.9 Å². The second kappa shape index (κ2) is 26.5. The summed E-state index contributed by atoms with van der Waals surface area (Å²) in [5, 5.41) is 23.5. The molecule has 0 aromatic carbocycles. The van der Waals surface area contributed by atoms with Gasteiger partial charge in [-0.05, 0) is 107 Å². The lowest BCUT2D eigenvalue weighted by molar-refractivity contribution is -0.265. The van der Waals surface area contributed by atoms with Crippen LogP contribution in [0.1, 0.15) is 126 Å². The minimum Gasteiger partial charge on any atom is -0.460 e. The molecule has 15 atom stereocenters. The van der Waals surface area contributed by atoms with E-state index in [1.807, 2.05) is 58.1 Å². The zero-order valence-corrected chi connectivity index (χ0v) is 44.3. The fourth-order valence-corrected chi connectivity index (χ4v) is 11.4. The van der Waals surface area contributed by atoms with Crippen molar-refractivity contribution in [1.82, 2.24) is 4.90 Å². The van der Waals surface area contributed by atoms with E-state index in [4.69, 9.17) is 28.2 Å². The van der Waals surface area contributed by atoms with Gasteiger partial charge in [0.25, 0.3) is 11.7 Å². The fraction of sp³-hybridized carbons (Fsp3) is 0.755. The molecule has 3 aliphatic heterocycles. The van der Waals surface area contributed by atoms with Crippen LogP contribution in [0.3, 0.4) is 0 Å². The maximum absolute atomic E-state index is 14.5. The quantitative estimate of drug-likeness (QED) is 0.104. The first kappa shape index (κ1) is 58.4. The van der Waals surface area contributed by atoms with Crippen LogP contribution in [0.25, 0.3) is 0 Å². The molecule has 69 heavy (non-hydrogen) atoms. The van der Waals surface area contributed by atoms with Crippen LogP contribution in [0.4, 0.5) is 0 Å². The van der Waals surface area contributed by atoms with Crippen LogP contribution in [-0.4, -0.2) is 140 Å². The van der Waals surface area contributed by atoms with Gasteiger partial charge in [0.05, 0.1) is 24.4 Å². The number of rotatable bonds is 8. The SMILES string of the molecule is CO[C@H]1C[C@@H]2CC[C@@H](C)C(O)(O2)C(=O)C(=O)N2CCCC[C@H]2C(=O)O[C@H]([C@H](C)C[C@@H]2CC[C@@H](OP(C)(C)=O)[C@H](OC)C2)CC(=O)[C@H](C)/C=C(\C)[C@@H](O)[C@@H](OC)C(=O)[C@H](C)C[C@H](C)\C=C/C=C/C=C/1C. The van der Waals surface area contributed by atoms with Crippen LogP contribution >= 0.6 is 7.37 Å². The number of ketones is 3. The molecule has 15 nitrogen and oxygen atoms in total. The number of fused-ring (bicyclic) bond motifs is 3.